The Morgan fingerprint density at radius 1 is 1.11 bits per heavy atom. The summed E-state index contributed by atoms with van der Waals surface area (Å²) in [6.45, 7) is 1.80. The standard InChI is InChI=1S/C8H10N4S.C6H7N3OS.ClH.O.V/c1-6(11-12-8(9)13)7-4-2-3-5-10-7;7-6(11)9-8-4-5-2-1-3-10-5;;;/h2-5H,1H3,(H3,9,12,13);1-4H,(H3,7,9,11);1H;;/q;;;;+2/p-2/b11-6-;8-4-;;;. The van der Waals surface area contributed by atoms with Gasteiger partial charge in [-0.2, -0.15) is 20.4 Å². The summed E-state index contributed by atoms with van der Waals surface area (Å²) in [7, 11) is 0. The van der Waals surface area contributed by atoms with Crippen LogP contribution in [-0.4, -0.2) is 27.2 Å². The molecule has 0 spiro atoms. The number of pyridine rings is 1. The molecule has 2 aromatic rings. The first-order valence-electron chi connectivity index (χ1n) is 6.70. The number of hydrogen-bond acceptors (Lipinski definition) is 9. The minimum absolute atomic E-state index is 0. The van der Waals surface area contributed by atoms with Crippen LogP contribution in [0.3, 0.4) is 0 Å². The molecule has 0 bridgehead atoms. The average molecular weight is 465 g/mol. The number of aromatic nitrogens is 1. The number of furan rings is 1. The van der Waals surface area contributed by atoms with Crippen molar-refractivity contribution in [3.63, 3.8) is 0 Å². The van der Waals surface area contributed by atoms with Gasteiger partial charge in [-0.05, 0) is 41.5 Å². The van der Waals surface area contributed by atoms with E-state index in [1.54, 1.807) is 31.5 Å². The second-order valence-electron chi connectivity index (χ2n) is 4.04. The molecular weight excluding hydrogens is 449 g/mol. The first kappa shape index (κ1) is 27.0. The van der Waals surface area contributed by atoms with Crippen LogP contribution in [-0.2, 0) is 46.3 Å². The summed E-state index contributed by atoms with van der Waals surface area (Å²) < 4.78 is 13.1. The Hall–Kier alpha value is -2.18. The summed E-state index contributed by atoms with van der Waals surface area (Å²) in [5, 5.41) is 14.4. The maximum atomic E-state index is 8.19. The quantitative estimate of drug-likeness (QED) is 0.301. The Labute approximate surface area is 182 Å². The summed E-state index contributed by atoms with van der Waals surface area (Å²) in [4.78, 5) is 4.08. The van der Waals surface area contributed by atoms with Gasteiger partial charge in [-0.3, -0.25) is 4.98 Å². The Kier molecular flexibility index (Phi) is 17.3. The third-order valence-corrected chi connectivity index (χ3v) is 2.38. The summed E-state index contributed by atoms with van der Waals surface area (Å²) in [5.41, 5.74) is 11.7. The van der Waals surface area contributed by atoms with Gasteiger partial charge in [0.25, 0.3) is 0 Å². The molecule has 143 valence electrons. The Balaban J connectivity index is 0. The number of halogens is 1. The number of nitrogens with two attached hydrogens (primary N) is 2. The molecule has 0 aliphatic carbocycles. The molecule has 0 amide bonds. The van der Waals surface area contributed by atoms with E-state index in [4.69, 9.17) is 19.6 Å². The van der Waals surface area contributed by atoms with Gasteiger partial charge in [-0.15, -0.1) is 12.4 Å². The van der Waals surface area contributed by atoms with Crippen molar-refractivity contribution in [2.45, 2.75) is 6.92 Å². The fraction of sp³-hybridized carbons (Fsp3) is 0.0714. The van der Waals surface area contributed by atoms with Crippen LogP contribution in [0.25, 0.3) is 0 Å². The van der Waals surface area contributed by atoms with Crippen LogP contribution >= 0.6 is 12.4 Å². The molecule has 27 heavy (non-hydrogen) atoms. The van der Waals surface area contributed by atoms with Crippen molar-refractivity contribution in [1.82, 2.24) is 4.98 Å². The minimum atomic E-state index is 0. The number of amidine groups is 2. The van der Waals surface area contributed by atoms with Crippen LogP contribution in [0.4, 0.5) is 0 Å². The zero-order valence-corrected chi connectivity index (χ0v) is 17.8. The Morgan fingerprint density at radius 2 is 1.78 bits per heavy atom. The molecule has 2 rings (SSSR count). The van der Waals surface area contributed by atoms with Gasteiger partial charge in [-0.1, -0.05) is 6.07 Å². The maximum absolute atomic E-state index is 8.19. The van der Waals surface area contributed by atoms with Gasteiger partial charge in [0.1, 0.15) is 5.76 Å². The molecule has 0 unspecified atom stereocenters. The van der Waals surface area contributed by atoms with Gasteiger partial charge in [0.05, 0.1) is 23.9 Å². The SMILES string of the molecule is C/C(=N/N=C(/N)[S-])c1ccccn1.Cl.N/C([S-])=N/N=C\c1ccco1.[O]=[V+2]. The van der Waals surface area contributed by atoms with Crippen molar-refractivity contribution in [3.05, 3.63) is 54.2 Å². The van der Waals surface area contributed by atoms with Crippen LogP contribution in [0.1, 0.15) is 18.4 Å². The van der Waals surface area contributed by atoms with Crippen LogP contribution in [0.2, 0.25) is 0 Å². The molecule has 0 aliphatic rings. The second-order valence-corrected chi connectivity index (χ2v) is 4.87. The summed E-state index contributed by atoms with van der Waals surface area (Å²) >= 11 is 10.1. The third-order valence-electron chi connectivity index (χ3n) is 2.22. The third kappa shape index (κ3) is 14.7. The second kappa shape index (κ2) is 17.2. The van der Waals surface area contributed by atoms with E-state index in [-0.39, 0.29) is 22.7 Å². The van der Waals surface area contributed by atoms with Gasteiger partial charge in [-0.25, -0.2) is 0 Å². The average Bonchev–Trinajstić information content (AvgIpc) is 3.16. The predicted octanol–water partition coefficient (Wildman–Crippen LogP) is 1.44. The fourth-order valence-electron chi connectivity index (χ4n) is 1.26. The van der Waals surface area contributed by atoms with Crippen molar-refractivity contribution in [2.24, 2.45) is 31.9 Å². The van der Waals surface area contributed by atoms with Crippen LogP contribution in [0.5, 0.6) is 0 Å². The predicted molar refractivity (Wildman–Crippen MR) is 109 cm³/mol. The Morgan fingerprint density at radius 3 is 2.26 bits per heavy atom. The van der Waals surface area contributed by atoms with Crippen LogP contribution in [0.15, 0.2) is 67.6 Å². The summed E-state index contributed by atoms with van der Waals surface area (Å²) in [6, 6.07) is 9.05. The van der Waals surface area contributed by atoms with E-state index in [0.29, 0.717) is 11.5 Å². The van der Waals surface area contributed by atoms with Gasteiger partial charge < -0.3 is 41.1 Å². The zero-order chi connectivity index (χ0) is 19.8. The number of nitrogens with zero attached hydrogens (tertiary/aromatic N) is 5. The van der Waals surface area contributed by atoms with Crippen LogP contribution < -0.4 is 11.5 Å². The molecule has 0 saturated carbocycles. The Bertz CT molecular complexity index is 748. The van der Waals surface area contributed by atoms with Crippen molar-refractivity contribution in [3.8, 4) is 0 Å². The van der Waals surface area contributed by atoms with E-state index in [0.717, 1.165) is 23.1 Å². The topological polar surface area (TPSA) is 145 Å². The van der Waals surface area contributed by atoms with Gasteiger partial charge in [0.2, 0.25) is 0 Å². The monoisotopic (exact) mass is 464 g/mol. The molecule has 2 heterocycles. The zero-order valence-electron chi connectivity index (χ0n) is 14.0. The van der Waals surface area contributed by atoms with Crippen molar-refractivity contribution in [1.29, 1.82) is 0 Å². The normalized spacial score (nSPS) is 11.6. The molecule has 2 aromatic heterocycles. The molecule has 13 heteroatoms. The van der Waals surface area contributed by atoms with Gasteiger partial charge in [0, 0.05) is 6.20 Å². The fourth-order valence-corrected chi connectivity index (χ4v) is 1.35. The van der Waals surface area contributed by atoms with Crippen molar-refractivity contribution < 1.29 is 25.5 Å². The van der Waals surface area contributed by atoms with E-state index in [1.165, 1.54) is 6.21 Å². The van der Waals surface area contributed by atoms with Crippen molar-refractivity contribution in [2.75, 3.05) is 0 Å². The first-order chi connectivity index (χ1) is 12.5. The molecular formula is C14H16ClN7O2S2V. The molecule has 4 N–H and O–H groups in total. The molecule has 0 fully saturated rings. The molecule has 0 radical (unpaired) electrons. The molecule has 0 atom stereocenters. The van der Waals surface area contributed by atoms with Crippen LogP contribution in [0, 0.1) is 0 Å². The summed E-state index contributed by atoms with van der Waals surface area (Å²) in [5.74, 6) is 0.616. The van der Waals surface area contributed by atoms with Gasteiger partial charge in [0.15, 0.2) is 0 Å². The van der Waals surface area contributed by atoms with E-state index in [9.17, 15) is 0 Å². The molecule has 0 aromatic carbocycles. The number of hydrogen-bond donors (Lipinski definition) is 2. The summed E-state index contributed by atoms with van der Waals surface area (Å²) in [6.07, 6.45) is 4.66. The number of rotatable bonds is 4. The molecule has 9 nitrogen and oxygen atoms in total. The van der Waals surface area contributed by atoms with Gasteiger partial charge >= 0.3 is 21.0 Å². The molecule has 0 saturated heterocycles. The van der Waals surface area contributed by atoms with E-state index < -0.39 is 0 Å². The first-order valence-corrected chi connectivity index (χ1v) is 8.09. The van der Waals surface area contributed by atoms with Crippen molar-refractivity contribution >= 4 is 59.9 Å². The van der Waals surface area contributed by atoms with E-state index in [2.05, 4.69) is 50.6 Å². The van der Waals surface area contributed by atoms with E-state index in [1.807, 2.05) is 18.2 Å². The molecule has 0 aliphatic heterocycles. The van der Waals surface area contributed by atoms with E-state index >= 15 is 0 Å².